The standard InChI is InChI=1S/C21H20O3S2/c1-16-8-13-21(17(2)14-16)26(22,25)24-20-11-9-19(10-12-20)23-15-18-6-4-3-5-7-18/h3-14H,15H2,1-2H3. The molecule has 0 spiro atoms. The van der Waals surface area contributed by atoms with Gasteiger partial charge >= 0.3 is 0 Å². The van der Waals surface area contributed by atoms with Gasteiger partial charge in [0.25, 0.3) is 0 Å². The normalized spacial score (nSPS) is 13.0. The van der Waals surface area contributed by atoms with Crippen LogP contribution in [0.3, 0.4) is 0 Å². The Morgan fingerprint density at radius 3 is 2.19 bits per heavy atom. The molecule has 0 aliphatic rings. The first kappa shape index (κ1) is 18.4. The molecule has 5 heteroatoms. The summed E-state index contributed by atoms with van der Waals surface area (Å²) >= 11 is 5.24. The van der Waals surface area contributed by atoms with Gasteiger partial charge in [0.1, 0.15) is 18.1 Å². The maximum atomic E-state index is 12.8. The highest BCUT2D eigenvalue weighted by molar-refractivity contribution is 8.30. The van der Waals surface area contributed by atoms with Crippen molar-refractivity contribution in [1.82, 2.24) is 0 Å². The molecule has 0 N–H and O–H groups in total. The highest BCUT2D eigenvalue weighted by Crippen LogP contribution is 2.24. The number of hydrogen-bond acceptors (Lipinski definition) is 4. The molecule has 0 saturated heterocycles. The minimum absolute atomic E-state index is 0.456. The molecule has 0 fully saturated rings. The quantitative estimate of drug-likeness (QED) is 0.600. The highest BCUT2D eigenvalue weighted by Gasteiger charge is 2.15. The Morgan fingerprint density at radius 2 is 1.54 bits per heavy atom. The van der Waals surface area contributed by atoms with Gasteiger partial charge in [0.05, 0.1) is 4.90 Å². The molecular weight excluding hydrogens is 364 g/mol. The molecule has 0 amide bonds. The Balaban J connectivity index is 1.68. The third-order valence-corrected chi connectivity index (χ3v) is 6.03. The molecule has 0 aliphatic carbocycles. The Labute approximate surface area is 159 Å². The van der Waals surface area contributed by atoms with Crippen LogP contribution in [0.15, 0.2) is 77.7 Å². The van der Waals surface area contributed by atoms with Crippen molar-refractivity contribution in [2.24, 2.45) is 0 Å². The van der Waals surface area contributed by atoms with Gasteiger partial charge in [0, 0.05) is 11.2 Å². The van der Waals surface area contributed by atoms with Crippen LogP contribution in [0.2, 0.25) is 0 Å². The van der Waals surface area contributed by atoms with E-state index < -0.39 is 8.77 Å². The summed E-state index contributed by atoms with van der Waals surface area (Å²) in [6.45, 7) is 4.36. The van der Waals surface area contributed by atoms with Gasteiger partial charge < -0.3 is 8.92 Å². The van der Waals surface area contributed by atoms with Gasteiger partial charge in [0.15, 0.2) is 0 Å². The number of ether oxygens (including phenoxy) is 1. The van der Waals surface area contributed by atoms with Crippen molar-refractivity contribution in [2.75, 3.05) is 0 Å². The van der Waals surface area contributed by atoms with Crippen LogP contribution in [0.4, 0.5) is 0 Å². The molecule has 0 aromatic heterocycles. The topological polar surface area (TPSA) is 35.5 Å². The van der Waals surface area contributed by atoms with Crippen molar-refractivity contribution in [3.05, 3.63) is 89.5 Å². The van der Waals surface area contributed by atoms with Crippen molar-refractivity contribution in [3.8, 4) is 11.5 Å². The monoisotopic (exact) mass is 384 g/mol. The first-order valence-electron chi connectivity index (χ1n) is 8.22. The molecule has 0 radical (unpaired) electrons. The van der Waals surface area contributed by atoms with Crippen LogP contribution >= 0.6 is 0 Å². The number of benzene rings is 3. The predicted octanol–water partition coefficient (Wildman–Crippen LogP) is 4.98. The number of hydrogen-bond donors (Lipinski definition) is 0. The zero-order chi connectivity index (χ0) is 18.6. The third-order valence-electron chi connectivity index (χ3n) is 3.88. The first-order valence-corrected chi connectivity index (χ1v) is 10.6. The highest BCUT2D eigenvalue weighted by atomic mass is 32.8. The van der Waals surface area contributed by atoms with Crippen molar-refractivity contribution < 1.29 is 13.1 Å². The Bertz CT molecular complexity index is 980. The molecule has 0 heterocycles. The molecule has 0 bridgehead atoms. The smallest absolute Gasteiger partial charge is 0.215 e. The average Bonchev–Trinajstić information content (AvgIpc) is 2.61. The van der Waals surface area contributed by atoms with E-state index in [0.717, 1.165) is 16.7 Å². The van der Waals surface area contributed by atoms with Gasteiger partial charge in [-0.05, 0) is 55.3 Å². The Hall–Kier alpha value is -2.37. The van der Waals surface area contributed by atoms with Crippen LogP contribution in [0.25, 0.3) is 0 Å². The van der Waals surface area contributed by atoms with E-state index >= 15 is 0 Å². The van der Waals surface area contributed by atoms with Gasteiger partial charge in [-0.2, -0.15) is 0 Å². The van der Waals surface area contributed by atoms with Crippen molar-refractivity contribution in [2.45, 2.75) is 25.3 Å². The van der Waals surface area contributed by atoms with E-state index in [-0.39, 0.29) is 0 Å². The van der Waals surface area contributed by atoms with E-state index in [0.29, 0.717) is 23.0 Å². The Morgan fingerprint density at radius 1 is 0.885 bits per heavy atom. The van der Waals surface area contributed by atoms with Crippen LogP contribution in [0, 0.1) is 13.8 Å². The SMILES string of the molecule is Cc1ccc(S(=O)(=S)Oc2ccc(OCc3ccccc3)cc2)c(C)c1. The van der Waals surface area contributed by atoms with Crippen LogP contribution in [0.1, 0.15) is 16.7 Å². The first-order chi connectivity index (χ1) is 12.4. The second-order valence-corrected chi connectivity index (χ2v) is 8.88. The van der Waals surface area contributed by atoms with Crippen molar-refractivity contribution in [1.29, 1.82) is 0 Å². The van der Waals surface area contributed by atoms with E-state index in [4.69, 9.17) is 20.1 Å². The minimum Gasteiger partial charge on any atom is -0.489 e. The molecule has 3 aromatic rings. The van der Waals surface area contributed by atoms with Crippen LogP contribution in [-0.4, -0.2) is 4.21 Å². The molecule has 1 unspecified atom stereocenters. The van der Waals surface area contributed by atoms with E-state index in [1.165, 1.54) is 0 Å². The summed E-state index contributed by atoms with van der Waals surface area (Å²) in [4.78, 5) is 0.544. The Kier molecular flexibility index (Phi) is 5.59. The molecule has 3 nitrogen and oxygen atoms in total. The fraction of sp³-hybridized carbons (Fsp3) is 0.143. The zero-order valence-corrected chi connectivity index (χ0v) is 16.3. The van der Waals surface area contributed by atoms with Gasteiger partial charge in [-0.25, -0.2) is 4.21 Å². The molecule has 3 aromatic carbocycles. The van der Waals surface area contributed by atoms with Gasteiger partial charge in [0.2, 0.25) is 8.77 Å². The summed E-state index contributed by atoms with van der Waals surface area (Å²) in [5, 5.41) is 0. The minimum atomic E-state index is -3.04. The van der Waals surface area contributed by atoms with Gasteiger partial charge in [-0.15, -0.1) is 0 Å². The molecule has 0 aliphatic heterocycles. The van der Waals surface area contributed by atoms with Gasteiger partial charge in [-0.1, -0.05) is 48.0 Å². The number of rotatable bonds is 6. The fourth-order valence-corrected chi connectivity index (χ4v) is 4.52. The zero-order valence-electron chi connectivity index (χ0n) is 14.7. The van der Waals surface area contributed by atoms with Crippen molar-refractivity contribution in [3.63, 3.8) is 0 Å². The summed E-state index contributed by atoms with van der Waals surface area (Å²) < 4.78 is 24.2. The largest absolute Gasteiger partial charge is 0.489 e. The van der Waals surface area contributed by atoms with Crippen LogP contribution < -0.4 is 8.92 Å². The van der Waals surface area contributed by atoms with Crippen LogP contribution in [0.5, 0.6) is 11.5 Å². The summed E-state index contributed by atoms with van der Waals surface area (Å²) in [6, 6.07) is 22.5. The maximum absolute atomic E-state index is 12.8. The van der Waals surface area contributed by atoms with Gasteiger partial charge in [-0.3, -0.25) is 0 Å². The molecule has 26 heavy (non-hydrogen) atoms. The second-order valence-electron chi connectivity index (χ2n) is 6.05. The summed E-state index contributed by atoms with van der Waals surface area (Å²) in [7, 11) is -3.04. The summed E-state index contributed by atoms with van der Waals surface area (Å²) in [6.07, 6.45) is 0. The fourth-order valence-electron chi connectivity index (χ4n) is 2.58. The van der Waals surface area contributed by atoms with E-state index in [9.17, 15) is 4.21 Å². The van der Waals surface area contributed by atoms with E-state index in [1.54, 1.807) is 30.3 Å². The van der Waals surface area contributed by atoms with Crippen LogP contribution in [-0.2, 0) is 26.6 Å². The summed E-state index contributed by atoms with van der Waals surface area (Å²) in [5.74, 6) is 1.17. The third kappa shape index (κ3) is 4.62. The van der Waals surface area contributed by atoms with E-state index in [1.807, 2.05) is 56.3 Å². The lowest BCUT2D eigenvalue weighted by molar-refractivity contribution is 0.306. The lowest BCUT2D eigenvalue weighted by Gasteiger charge is -2.13. The number of aryl methyl sites for hydroxylation is 2. The van der Waals surface area contributed by atoms with E-state index in [2.05, 4.69) is 0 Å². The maximum Gasteiger partial charge on any atom is 0.215 e. The summed E-state index contributed by atoms with van der Waals surface area (Å²) in [5.41, 5.74) is 3.06. The lowest BCUT2D eigenvalue weighted by Crippen LogP contribution is -2.10. The molecular formula is C21H20O3S2. The molecule has 3 rings (SSSR count). The average molecular weight is 385 g/mol. The lowest BCUT2D eigenvalue weighted by atomic mass is 10.2. The molecule has 1 atom stereocenters. The second kappa shape index (κ2) is 7.89. The predicted molar refractivity (Wildman–Crippen MR) is 108 cm³/mol. The van der Waals surface area contributed by atoms with Crippen molar-refractivity contribution >= 4 is 20.0 Å². The molecule has 0 saturated carbocycles. The molecule has 134 valence electrons.